The van der Waals surface area contributed by atoms with Gasteiger partial charge in [0.1, 0.15) is 6.07 Å². The number of ether oxygens (including phenoxy) is 2. The van der Waals surface area contributed by atoms with Gasteiger partial charge in [-0.15, -0.1) is 0 Å². The Morgan fingerprint density at radius 3 is 2.61 bits per heavy atom. The van der Waals surface area contributed by atoms with Gasteiger partial charge in [-0.1, -0.05) is 18.6 Å². The van der Waals surface area contributed by atoms with Gasteiger partial charge in [0.2, 0.25) is 15.9 Å². The Kier molecular flexibility index (Phi) is 8.09. The SMILES string of the molecule is COc1cc(/C=C/C(=O)Nc2cc(S(=O)(=O)N3CCCCC3)ccc2C)ccc1OCC#N. The number of hydrogen-bond donors (Lipinski definition) is 1. The summed E-state index contributed by atoms with van der Waals surface area (Å²) in [5.41, 5.74) is 1.90. The zero-order chi connectivity index (χ0) is 23.8. The van der Waals surface area contributed by atoms with Gasteiger partial charge in [-0.05, 0) is 61.2 Å². The maximum Gasteiger partial charge on any atom is 0.248 e. The molecule has 0 unspecified atom stereocenters. The summed E-state index contributed by atoms with van der Waals surface area (Å²) in [6.07, 6.45) is 5.71. The maximum atomic E-state index is 13.0. The van der Waals surface area contributed by atoms with Crippen molar-refractivity contribution in [2.24, 2.45) is 0 Å². The van der Waals surface area contributed by atoms with Crippen LogP contribution in [0.25, 0.3) is 6.08 Å². The zero-order valence-corrected chi connectivity index (χ0v) is 19.5. The summed E-state index contributed by atoms with van der Waals surface area (Å²) in [4.78, 5) is 12.7. The third kappa shape index (κ3) is 6.12. The average molecular weight is 470 g/mol. The number of anilines is 1. The summed E-state index contributed by atoms with van der Waals surface area (Å²) >= 11 is 0. The summed E-state index contributed by atoms with van der Waals surface area (Å²) in [5, 5.41) is 11.4. The number of nitrogens with one attached hydrogen (secondary N) is 1. The van der Waals surface area contributed by atoms with Crippen molar-refractivity contribution < 1.29 is 22.7 Å². The van der Waals surface area contributed by atoms with Crippen LogP contribution < -0.4 is 14.8 Å². The molecule has 0 aromatic heterocycles. The summed E-state index contributed by atoms with van der Waals surface area (Å²) in [6.45, 7) is 2.75. The molecule has 0 spiro atoms. The summed E-state index contributed by atoms with van der Waals surface area (Å²) in [5.74, 6) is 0.483. The van der Waals surface area contributed by atoms with Crippen LogP contribution in [0.2, 0.25) is 0 Å². The van der Waals surface area contributed by atoms with E-state index in [1.807, 2.05) is 6.07 Å². The van der Waals surface area contributed by atoms with E-state index in [0.29, 0.717) is 35.8 Å². The van der Waals surface area contributed by atoms with Gasteiger partial charge >= 0.3 is 0 Å². The standard InChI is InChI=1S/C24H27N3O5S/c1-18-6-9-20(33(29,30)27-13-4-3-5-14-27)17-21(18)26-24(28)11-8-19-7-10-22(32-15-12-25)23(16-19)31-2/h6-11,16-17H,3-5,13-15H2,1-2H3,(H,26,28)/b11-8+. The van der Waals surface area contributed by atoms with E-state index >= 15 is 0 Å². The predicted molar refractivity (Wildman–Crippen MR) is 126 cm³/mol. The first-order valence-corrected chi connectivity index (χ1v) is 12.1. The Balaban J connectivity index is 1.73. The van der Waals surface area contributed by atoms with Crippen LogP contribution in [-0.2, 0) is 14.8 Å². The second-order valence-electron chi connectivity index (χ2n) is 7.62. The van der Waals surface area contributed by atoms with E-state index in [9.17, 15) is 13.2 Å². The van der Waals surface area contributed by atoms with Crippen LogP contribution in [-0.4, -0.2) is 45.4 Å². The topological polar surface area (TPSA) is 109 Å². The molecule has 0 atom stereocenters. The quantitative estimate of drug-likeness (QED) is 0.590. The minimum absolute atomic E-state index is 0.0974. The minimum atomic E-state index is -3.59. The number of sulfonamides is 1. The lowest BCUT2D eigenvalue weighted by Crippen LogP contribution is -2.35. The van der Waals surface area contributed by atoms with Crippen molar-refractivity contribution in [3.05, 3.63) is 53.6 Å². The fraction of sp³-hybridized carbons (Fsp3) is 0.333. The van der Waals surface area contributed by atoms with Gasteiger partial charge in [-0.25, -0.2) is 8.42 Å². The highest BCUT2D eigenvalue weighted by Crippen LogP contribution is 2.29. The molecular formula is C24H27N3O5S. The van der Waals surface area contributed by atoms with Crippen molar-refractivity contribution in [2.75, 3.05) is 32.1 Å². The van der Waals surface area contributed by atoms with Crippen molar-refractivity contribution in [3.8, 4) is 17.6 Å². The van der Waals surface area contributed by atoms with Crippen molar-refractivity contribution >= 4 is 27.7 Å². The van der Waals surface area contributed by atoms with E-state index < -0.39 is 15.9 Å². The van der Waals surface area contributed by atoms with E-state index in [2.05, 4.69) is 5.32 Å². The second-order valence-corrected chi connectivity index (χ2v) is 9.56. The highest BCUT2D eigenvalue weighted by atomic mass is 32.2. The largest absolute Gasteiger partial charge is 0.493 e. The Hall–Kier alpha value is -3.35. The summed E-state index contributed by atoms with van der Waals surface area (Å²) in [6, 6.07) is 11.8. The molecular weight excluding hydrogens is 442 g/mol. The average Bonchev–Trinajstić information content (AvgIpc) is 2.83. The van der Waals surface area contributed by atoms with Crippen molar-refractivity contribution in [2.45, 2.75) is 31.1 Å². The zero-order valence-electron chi connectivity index (χ0n) is 18.7. The van der Waals surface area contributed by atoms with Crippen molar-refractivity contribution in [1.29, 1.82) is 5.26 Å². The molecule has 2 aromatic carbocycles. The molecule has 174 valence electrons. The van der Waals surface area contributed by atoms with Gasteiger partial charge in [-0.3, -0.25) is 4.79 Å². The highest BCUT2D eigenvalue weighted by molar-refractivity contribution is 7.89. The highest BCUT2D eigenvalue weighted by Gasteiger charge is 2.26. The van der Waals surface area contributed by atoms with Crippen LogP contribution in [0, 0.1) is 18.3 Å². The summed E-state index contributed by atoms with van der Waals surface area (Å²) in [7, 11) is -2.10. The monoisotopic (exact) mass is 469 g/mol. The fourth-order valence-corrected chi connectivity index (χ4v) is 5.06. The van der Waals surface area contributed by atoms with E-state index in [-0.39, 0.29) is 11.5 Å². The lowest BCUT2D eigenvalue weighted by molar-refractivity contribution is -0.111. The van der Waals surface area contributed by atoms with Gasteiger partial charge in [0.05, 0.1) is 12.0 Å². The van der Waals surface area contributed by atoms with E-state index in [1.54, 1.807) is 43.3 Å². The molecule has 1 heterocycles. The molecule has 0 radical (unpaired) electrons. The van der Waals surface area contributed by atoms with Gasteiger partial charge < -0.3 is 14.8 Å². The number of hydrogen-bond acceptors (Lipinski definition) is 6. The third-order valence-corrected chi connectivity index (χ3v) is 7.22. The van der Waals surface area contributed by atoms with Crippen LogP contribution in [0.5, 0.6) is 11.5 Å². The molecule has 1 N–H and O–H groups in total. The fourth-order valence-electron chi connectivity index (χ4n) is 3.51. The lowest BCUT2D eigenvalue weighted by Gasteiger charge is -2.26. The Morgan fingerprint density at radius 2 is 1.91 bits per heavy atom. The minimum Gasteiger partial charge on any atom is -0.493 e. The molecule has 0 bridgehead atoms. The number of nitriles is 1. The van der Waals surface area contributed by atoms with Crippen LogP contribution in [0.4, 0.5) is 5.69 Å². The number of amides is 1. The molecule has 9 heteroatoms. The number of carbonyl (C=O) groups excluding carboxylic acids is 1. The first-order chi connectivity index (χ1) is 15.8. The van der Waals surface area contributed by atoms with Crippen LogP contribution in [0.15, 0.2) is 47.4 Å². The van der Waals surface area contributed by atoms with Gasteiger partial charge in [0, 0.05) is 24.9 Å². The van der Waals surface area contributed by atoms with E-state index in [4.69, 9.17) is 14.7 Å². The van der Waals surface area contributed by atoms with E-state index in [0.717, 1.165) is 24.8 Å². The Morgan fingerprint density at radius 1 is 1.15 bits per heavy atom. The lowest BCUT2D eigenvalue weighted by atomic mass is 10.1. The molecule has 33 heavy (non-hydrogen) atoms. The van der Waals surface area contributed by atoms with Crippen LogP contribution >= 0.6 is 0 Å². The number of benzene rings is 2. The number of rotatable bonds is 8. The number of aryl methyl sites for hydroxylation is 1. The molecule has 2 aromatic rings. The number of methoxy groups -OCH3 is 1. The molecule has 8 nitrogen and oxygen atoms in total. The molecule has 0 saturated carbocycles. The van der Waals surface area contributed by atoms with Crippen molar-refractivity contribution in [3.63, 3.8) is 0 Å². The molecule has 1 saturated heterocycles. The smallest absolute Gasteiger partial charge is 0.248 e. The van der Waals surface area contributed by atoms with Crippen molar-refractivity contribution in [1.82, 2.24) is 4.31 Å². The molecule has 1 fully saturated rings. The molecule has 3 rings (SSSR count). The van der Waals surface area contributed by atoms with Crippen LogP contribution in [0.3, 0.4) is 0 Å². The number of nitrogens with zero attached hydrogens (tertiary/aromatic N) is 2. The van der Waals surface area contributed by atoms with E-state index in [1.165, 1.54) is 23.6 Å². The predicted octanol–water partition coefficient (Wildman–Crippen LogP) is 3.73. The normalized spacial score (nSPS) is 14.6. The summed E-state index contributed by atoms with van der Waals surface area (Å²) < 4.78 is 38.0. The number of carbonyl (C=O) groups is 1. The number of piperidine rings is 1. The first kappa shape index (κ1) is 24.3. The maximum absolute atomic E-state index is 13.0. The third-order valence-electron chi connectivity index (χ3n) is 5.33. The van der Waals surface area contributed by atoms with Gasteiger partial charge in [0.25, 0.3) is 0 Å². The Labute approximate surface area is 194 Å². The molecule has 1 aliphatic heterocycles. The van der Waals surface area contributed by atoms with Crippen LogP contribution in [0.1, 0.15) is 30.4 Å². The molecule has 1 amide bonds. The molecule has 1 aliphatic rings. The molecule has 0 aliphatic carbocycles. The van der Waals surface area contributed by atoms with Gasteiger partial charge in [0.15, 0.2) is 18.1 Å². The Bertz CT molecular complexity index is 1180. The second kappa shape index (κ2) is 11.0. The first-order valence-electron chi connectivity index (χ1n) is 10.6. The van der Waals surface area contributed by atoms with Gasteiger partial charge in [-0.2, -0.15) is 9.57 Å².